The molecule has 6 heteroatoms. The number of rotatable bonds is 8. The van der Waals surface area contributed by atoms with Crippen molar-refractivity contribution in [3.05, 3.63) is 99.5 Å². The fourth-order valence-corrected chi connectivity index (χ4v) is 3.66. The van der Waals surface area contributed by atoms with Crippen LogP contribution in [-0.4, -0.2) is 18.4 Å². The summed E-state index contributed by atoms with van der Waals surface area (Å²) < 4.78 is 0. The van der Waals surface area contributed by atoms with E-state index in [0.29, 0.717) is 34.3 Å². The molecule has 0 unspecified atom stereocenters. The third-order valence-corrected chi connectivity index (χ3v) is 5.36. The van der Waals surface area contributed by atoms with Crippen LogP contribution >= 0.6 is 23.2 Å². The number of hydrogen-bond acceptors (Lipinski definition) is 2. The first-order valence-electron chi connectivity index (χ1n) is 9.68. The number of anilines is 1. The molecule has 2 N–H and O–H groups in total. The number of carbonyl (C=O) groups is 2. The van der Waals surface area contributed by atoms with Crippen LogP contribution in [0.15, 0.2) is 72.8 Å². The first-order chi connectivity index (χ1) is 14.5. The zero-order chi connectivity index (χ0) is 21.3. The number of halogens is 2. The lowest BCUT2D eigenvalue weighted by atomic mass is 10.1. The van der Waals surface area contributed by atoms with Gasteiger partial charge in [-0.25, -0.2) is 0 Å². The Morgan fingerprint density at radius 1 is 0.767 bits per heavy atom. The van der Waals surface area contributed by atoms with Crippen LogP contribution in [0.5, 0.6) is 0 Å². The molecule has 0 aliphatic rings. The molecule has 0 fully saturated rings. The summed E-state index contributed by atoms with van der Waals surface area (Å²) in [5.41, 5.74) is 2.79. The number of amides is 2. The molecule has 3 aromatic carbocycles. The van der Waals surface area contributed by atoms with E-state index < -0.39 is 0 Å². The highest BCUT2D eigenvalue weighted by molar-refractivity contribution is 6.36. The molecule has 2 amide bonds. The molecule has 0 bridgehead atoms. The topological polar surface area (TPSA) is 58.2 Å². The number of nitrogens with one attached hydrogen (secondary N) is 2. The van der Waals surface area contributed by atoms with Crippen molar-refractivity contribution in [2.45, 2.75) is 19.3 Å². The first kappa shape index (κ1) is 21.9. The normalized spacial score (nSPS) is 10.5. The maximum absolute atomic E-state index is 12.6. The molecule has 0 saturated heterocycles. The Hall–Kier alpha value is -2.82. The van der Waals surface area contributed by atoms with Gasteiger partial charge in [-0.1, -0.05) is 71.7 Å². The van der Waals surface area contributed by atoms with Crippen molar-refractivity contribution in [2.75, 3.05) is 11.9 Å². The Morgan fingerprint density at radius 2 is 1.43 bits per heavy atom. The Morgan fingerprint density at radius 3 is 2.17 bits per heavy atom. The van der Waals surface area contributed by atoms with Gasteiger partial charge in [-0.3, -0.25) is 9.59 Å². The summed E-state index contributed by atoms with van der Waals surface area (Å²) in [6.07, 6.45) is 1.35. The molecule has 0 saturated carbocycles. The van der Waals surface area contributed by atoms with Gasteiger partial charge >= 0.3 is 0 Å². The van der Waals surface area contributed by atoms with E-state index >= 15 is 0 Å². The van der Waals surface area contributed by atoms with E-state index in [9.17, 15) is 9.59 Å². The Bertz CT molecular complexity index is 1000. The molecular formula is C24H22Cl2N2O2. The Balaban J connectivity index is 1.57. The van der Waals surface area contributed by atoms with E-state index in [1.807, 2.05) is 30.3 Å². The van der Waals surface area contributed by atoms with Crippen molar-refractivity contribution in [3.8, 4) is 0 Å². The fourth-order valence-electron chi connectivity index (χ4n) is 3.07. The van der Waals surface area contributed by atoms with Crippen molar-refractivity contribution < 1.29 is 9.59 Å². The second-order valence-electron chi connectivity index (χ2n) is 6.79. The largest absolute Gasteiger partial charge is 0.352 e. The highest BCUT2D eigenvalue weighted by Crippen LogP contribution is 2.25. The summed E-state index contributed by atoms with van der Waals surface area (Å²) in [4.78, 5) is 25.1. The fraction of sp³-hybridized carbons (Fsp3) is 0.167. The summed E-state index contributed by atoms with van der Waals surface area (Å²) in [7, 11) is 0. The van der Waals surface area contributed by atoms with E-state index in [1.165, 1.54) is 0 Å². The van der Waals surface area contributed by atoms with E-state index in [0.717, 1.165) is 17.5 Å². The van der Waals surface area contributed by atoms with E-state index in [2.05, 4.69) is 10.6 Å². The number of para-hydroxylation sites is 1. The average molecular weight is 441 g/mol. The molecule has 30 heavy (non-hydrogen) atoms. The second-order valence-corrected chi connectivity index (χ2v) is 7.60. The molecule has 3 aromatic rings. The number of hydrogen-bond donors (Lipinski definition) is 2. The first-order valence-corrected chi connectivity index (χ1v) is 10.4. The van der Waals surface area contributed by atoms with Crippen LogP contribution in [-0.2, 0) is 17.6 Å². The summed E-state index contributed by atoms with van der Waals surface area (Å²) in [6, 6.07) is 22.2. The van der Waals surface area contributed by atoms with E-state index in [1.54, 1.807) is 42.5 Å². The van der Waals surface area contributed by atoms with Crippen molar-refractivity contribution in [1.82, 2.24) is 5.32 Å². The molecule has 0 radical (unpaired) electrons. The molecule has 0 aliphatic carbocycles. The number of carbonyl (C=O) groups excluding carboxylic acids is 2. The van der Waals surface area contributed by atoms with Gasteiger partial charge in [0.05, 0.1) is 11.3 Å². The molecule has 4 nitrogen and oxygen atoms in total. The predicted octanol–water partition coefficient (Wildman–Crippen LogP) is 5.54. The highest BCUT2D eigenvalue weighted by Gasteiger charge is 2.14. The van der Waals surface area contributed by atoms with Gasteiger partial charge in [-0.15, -0.1) is 0 Å². The van der Waals surface area contributed by atoms with Crippen molar-refractivity contribution in [3.63, 3.8) is 0 Å². The van der Waals surface area contributed by atoms with E-state index in [-0.39, 0.29) is 18.2 Å². The Kier molecular flexibility index (Phi) is 7.89. The van der Waals surface area contributed by atoms with E-state index in [4.69, 9.17) is 23.2 Å². The molecule has 154 valence electrons. The lowest BCUT2D eigenvalue weighted by Crippen LogP contribution is -2.27. The standard InChI is InChI=1S/C24H22Cl2N2O2/c25-20-10-6-11-21(26)18(20)13-14-23(29)28-22-12-5-4-9-19(22)24(30)27-16-15-17-7-2-1-3-8-17/h1-12H,13-16H2,(H,27,30)(H,28,29). The minimum absolute atomic E-state index is 0.202. The molecule has 0 heterocycles. The lowest BCUT2D eigenvalue weighted by molar-refractivity contribution is -0.116. The van der Waals surface area contributed by atoms with Crippen LogP contribution in [0.2, 0.25) is 10.0 Å². The zero-order valence-corrected chi connectivity index (χ0v) is 17.8. The second kappa shape index (κ2) is 10.8. The van der Waals surface area contributed by atoms with Crippen LogP contribution < -0.4 is 10.6 Å². The minimum Gasteiger partial charge on any atom is -0.352 e. The molecule has 0 spiro atoms. The molecule has 0 atom stereocenters. The van der Waals surface area contributed by atoms with Gasteiger partial charge in [0.1, 0.15) is 0 Å². The van der Waals surface area contributed by atoms with Crippen LogP contribution in [0.4, 0.5) is 5.69 Å². The van der Waals surface area contributed by atoms with Gasteiger partial charge in [-0.05, 0) is 48.2 Å². The summed E-state index contributed by atoms with van der Waals surface area (Å²) in [5, 5.41) is 6.80. The van der Waals surface area contributed by atoms with Crippen LogP contribution in [0, 0.1) is 0 Å². The van der Waals surface area contributed by atoms with Crippen LogP contribution in [0.25, 0.3) is 0 Å². The molecule has 3 rings (SSSR count). The van der Waals surface area contributed by atoms with Crippen molar-refractivity contribution in [1.29, 1.82) is 0 Å². The van der Waals surface area contributed by atoms with Crippen LogP contribution in [0.1, 0.15) is 27.9 Å². The Labute approximate surface area is 186 Å². The monoisotopic (exact) mass is 440 g/mol. The van der Waals surface area contributed by atoms with Crippen LogP contribution in [0.3, 0.4) is 0 Å². The zero-order valence-electron chi connectivity index (χ0n) is 16.3. The third kappa shape index (κ3) is 6.09. The van der Waals surface area contributed by atoms with Gasteiger partial charge in [0.15, 0.2) is 0 Å². The van der Waals surface area contributed by atoms with Crippen molar-refractivity contribution >= 4 is 40.7 Å². The minimum atomic E-state index is -0.226. The maximum Gasteiger partial charge on any atom is 0.253 e. The molecule has 0 aliphatic heterocycles. The third-order valence-electron chi connectivity index (χ3n) is 4.65. The van der Waals surface area contributed by atoms with Crippen molar-refractivity contribution in [2.24, 2.45) is 0 Å². The van der Waals surface area contributed by atoms with Gasteiger partial charge in [0.2, 0.25) is 5.91 Å². The summed E-state index contributed by atoms with van der Waals surface area (Å²) in [5.74, 6) is -0.438. The van der Waals surface area contributed by atoms with Gasteiger partial charge < -0.3 is 10.6 Å². The quantitative estimate of drug-likeness (QED) is 0.483. The maximum atomic E-state index is 12.6. The summed E-state index contributed by atoms with van der Waals surface area (Å²) >= 11 is 12.3. The lowest BCUT2D eigenvalue weighted by Gasteiger charge is -2.12. The SMILES string of the molecule is O=C(CCc1c(Cl)cccc1Cl)Nc1ccccc1C(=O)NCCc1ccccc1. The smallest absolute Gasteiger partial charge is 0.253 e. The van der Waals surface area contributed by atoms with Gasteiger partial charge in [0.25, 0.3) is 5.91 Å². The highest BCUT2D eigenvalue weighted by atomic mass is 35.5. The molecule has 0 aromatic heterocycles. The summed E-state index contributed by atoms with van der Waals surface area (Å²) in [6.45, 7) is 0.510. The van der Waals surface area contributed by atoms with Gasteiger partial charge in [-0.2, -0.15) is 0 Å². The van der Waals surface area contributed by atoms with Gasteiger partial charge in [0, 0.05) is 23.0 Å². The molecular weight excluding hydrogens is 419 g/mol. The average Bonchev–Trinajstić information content (AvgIpc) is 2.74. The number of benzene rings is 3. The predicted molar refractivity (Wildman–Crippen MR) is 122 cm³/mol.